The van der Waals surface area contributed by atoms with Crippen LogP contribution in [0.2, 0.25) is 0 Å². The lowest BCUT2D eigenvalue weighted by Crippen LogP contribution is -2.36. The maximum atomic E-state index is 12.3. The van der Waals surface area contributed by atoms with Crippen LogP contribution in [0.4, 0.5) is 0 Å². The number of benzene rings is 1. The van der Waals surface area contributed by atoms with Crippen molar-refractivity contribution >= 4 is 11.9 Å². The Morgan fingerprint density at radius 1 is 1.27 bits per heavy atom. The summed E-state index contributed by atoms with van der Waals surface area (Å²) in [7, 11) is 1.68. The van der Waals surface area contributed by atoms with E-state index in [0.29, 0.717) is 0 Å². The van der Waals surface area contributed by atoms with E-state index in [1.807, 2.05) is 38.1 Å². The highest BCUT2D eigenvalue weighted by Crippen LogP contribution is 2.14. The molecule has 0 radical (unpaired) electrons. The van der Waals surface area contributed by atoms with E-state index in [0.717, 1.165) is 18.2 Å². The Balaban J connectivity index is 2.05. The van der Waals surface area contributed by atoms with Gasteiger partial charge in [0.1, 0.15) is 6.26 Å². The minimum absolute atomic E-state index is 0.0251. The van der Waals surface area contributed by atoms with Gasteiger partial charge in [0, 0.05) is 19.2 Å². The van der Waals surface area contributed by atoms with E-state index in [2.05, 4.69) is 0 Å². The minimum Gasteiger partial charge on any atom is -0.478 e. The number of furan rings is 1. The smallest absolute Gasteiger partial charge is 0.338 e. The van der Waals surface area contributed by atoms with Crippen LogP contribution in [0.15, 0.2) is 41.0 Å². The Bertz CT molecular complexity index is 672. The Kier molecular flexibility index (Phi) is 4.65. The van der Waals surface area contributed by atoms with Crippen molar-refractivity contribution in [2.45, 2.75) is 26.3 Å². The van der Waals surface area contributed by atoms with E-state index in [1.54, 1.807) is 11.9 Å². The zero-order valence-electron chi connectivity index (χ0n) is 12.9. The fourth-order valence-corrected chi connectivity index (χ4v) is 2.14. The number of carboxylic acids is 1. The summed E-state index contributed by atoms with van der Waals surface area (Å²) >= 11 is 0. The van der Waals surface area contributed by atoms with E-state index in [4.69, 9.17) is 9.52 Å². The topological polar surface area (TPSA) is 70.8 Å². The fraction of sp³-hybridized carbons (Fsp3) is 0.294. The van der Waals surface area contributed by atoms with Gasteiger partial charge in [0.15, 0.2) is 5.76 Å². The van der Waals surface area contributed by atoms with E-state index in [1.165, 1.54) is 11.6 Å². The van der Waals surface area contributed by atoms with Gasteiger partial charge in [0.2, 0.25) is 0 Å². The zero-order chi connectivity index (χ0) is 16.3. The van der Waals surface area contributed by atoms with Crippen molar-refractivity contribution in [3.05, 3.63) is 59.0 Å². The number of hydrogen-bond acceptors (Lipinski definition) is 3. The number of aryl methyl sites for hydroxylation is 1. The van der Waals surface area contributed by atoms with Gasteiger partial charge in [-0.05, 0) is 25.8 Å². The molecule has 2 rings (SSSR count). The van der Waals surface area contributed by atoms with E-state index in [9.17, 15) is 9.59 Å². The third-order valence-electron chi connectivity index (χ3n) is 3.69. The van der Waals surface area contributed by atoms with Gasteiger partial charge in [-0.1, -0.05) is 29.8 Å². The average molecular weight is 301 g/mol. The van der Waals surface area contributed by atoms with Crippen LogP contribution >= 0.6 is 0 Å². The monoisotopic (exact) mass is 301 g/mol. The van der Waals surface area contributed by atoms with Crippen molar-refractivity contribution < 1.29 is 19.1 Å². The number of amides is 1. The molecule has 1 N–H and O–H groups in total. The summed E-state index contributed by atoms with van der Waals surface area (Å²) in [6, 6.07) is 9.37. The van der Waals surface area contributed by atoms with E-state index >= 15 is 0 Å². The number of nitrogens with zero attached hydrogens (tertiary/aromatic N) is 1. The SMILES string of the molecule is Cc1ccc(C[C@@H](C)N(C)C(=O)c2cc(C(=O)O)co2)cc1. The van der Waals surface area contributed by atoms with Gasteiger partial charge in [0.05, 0.1) is 5.56 Å². The molecule has 1 aromatic carbocycles. The van der Waals surface area contributed by atoms with Gasteiger partial charge in [-0.25, -0.2) is 4.79 Å². The predicted octanol–water partition coefficient (Wildman–Crippen LogP) is 2.99. The molecule has 0 unspecified atom stereocenters. The van der Waals surface area contributed by atoms with Crippen molar-refractivity contribution in [3.8, 4) is 0 Å². The molecule has 2 aromatic rings. The Morgan fingerprint density at radius 2 is 1.91 bits per heavy atom. The summed E-state index contributed by atoms with van der Waals surface area (Å²) < 4.78 is 5.05. The number of carbonyl (C=O) groups is 2. The number of carboxylic acid groups (broad SMARTS) is 1. The molecule has 0 saturated heterocycles. The summed E-state index contributed by atoms with van der Waals surface area (Å²) in [6.07, 6.45) is 1.79. The van der Waals surface area contributed by atoms with Gasteiger partial charge < -0.3 is 14.4 Å². The Labute approximate surface area is 129 Å². The Morgan fingerprint density at radius 3 is 2.45 bits per heavy atom. The standard InChI is InChI=1S/C17H19NO4/c1-11-4-6-13(7-5-11)8-12(2)18(3)16(19)15-9-14(10-22-15)17(20)21/h4-7,9-10,12H,8H2,1-3H3,(H,20,21)/t12-/m1/s1. The van der Waals surface area contributed by atoms with Crippen molar-refractivity contribution in [1.82, 2.24) is 4.90 Å². The lowest BCUT2D eigenvalue weighted by molar-refractivity contribution is 0.0692. The molecule has 1 aromatic heterocycles. The molecule has 0 spiro atoms. The first kappa shape index (κ1) is 15.8. The number of carbonyl (C=O) groups excluding carboxylic acids is 1. The molecule has 0 aliphatic carbocycles. The summed E-state index contributed by atoms with van der Waals surface area (Å²) in [4.78, 5) is 24.7. The summed E-state index contributed by atoms with van der Waals surface area (Å²) in [6.45, 7) is 3.97. The molecule has 0 bridgehead atoms. The molecule has 0 aliphatic rings. The zero-order valence-corrected chi connectivity index (χ0v) is 12.9. The quantitative estimate of drug-likeness (QED) is 0.921. The van der Waals surface area contributed by atoms with Crippen LogP contribution in [0.5, 0.6) is 0 Å². The number of hydrogen-bond donors (Lipinski definition) is 1. The normalized spacial score (nSPS) is 12.0. The van der Waals surface area contributed by atoms with E-state index < -0.39 is 5.97 Å². The third kappa shape index (κ3) is 3.55. The molecular formula is C17H19NO4. The van der Waals surface area contributed by atoms with Gasteiger partial charge >= 0.3 is 5.97 Å². The second-order valence-corrected chi connectivity index (χ2v) is 5.46. The maximum Gasteiger partial charge on any atom is 0.338 e. The van der Waals surface area contributed by atoms with E-state index in [-0.39, 0.29) is 23.3 Å². The first-order valence-electron chi connectivity index (χ1n) is 7.03. The molecule has 0 saturated carbocycles. The predicted molar refractivity (Wildman–Crippen MR) is 82.1 cm³/mol. The van der Waals surface area contributed by atoms with Gasteiger partial charge in [-0.2, -0.15) is 0 Å². The highest BCUT2D eigenvalue weighted by molar-refractivity contribution is 5.95. The largest absolute Gasteiger partial charge is 0.478 e. The molecule has 0 aliphatic heterocycles. The van der Waals surface area contributed by atoms with Crippen LogP contribution in [0.3, 0.4) is 0 Å². The molecule has 1 heterocycles. The van der Waals surface area contributed by atoms with Crippen LogP contribution in [0.1, 0.15) is 39.0 Å². The highest BCUT2D eigenvalue weighted by Gasteiger charge is 2.22. The molecular weight excluding hydrogens is 282 g/mol. The van der Waals surface area contributed by atoms with Crippen molar-refractivity contribution in [1.29, 1.82) is 0 Å². The van der Waals surface area contributed by atoms with Crippen molar-refractivity contribution in [2.75, 3.05) is 7.05 Å². The summed E-state index contributed by atoms with van der Waals surface area (Å²) in [5.41, 5.74) is 2.31. The van der Waals surface area contributed by atoms with Crippen LogP contribution in [-0.2, 0) is 6.42 Å². The lowest BCUT2D eigenvalue weighted by atomic mass is 10.0. The maximum absolute atomic E-state index is 12.3. The van der Waals surface area contributed by atoms with Crippen LogP contribution in [-0.4, -0.2) is 35.0 Å². The molecule has 5 nitrogen and oxygen atoms in total. The minimum atomic E-state index is -1.11. The second-order valence-electron chi connectivity index (χ2n) is 5.46. The molecule has 116 valence electrons. The first-order valence-corrected chi connectivity index (χ1v) is 7.03. The van der Waals surface area contributed by atoms with Gasteiger partial charge in [-0.15, -0.1) is 0 Å². The third-order valence-corrected chi connectivity index (χ3v) is 3.69. The molecule has 1 amide bonds. The van der Waals surface area contributed by atoms with Crippen LogP contribution < -0.4 is 0 Å². The fourth-order valence-electron chi connectivity index (χ4n) is 2.14. The van der Waals surface area contributed by atoms with Crippen LogP contribution in [0, 0.1) is 6.92 Å². The Hall–Kier alpha value is -2.56. The number of likely N-dealkylation sites (N-methyl/N-ethyl adjacent to an activating group) is 1. The molecule has 5 heteroatoms. The van der Waals surface area contributed by atoms with Gasteiger partial charge in [0.25, 0.3) is 5.91 Å². The van der Waals surface area contributed by atoms with Gasteiger partial charge in [-0.3, -0.25) is 4.79 Å². The molecule has 1 atom stereocenters. The summed E-state index contributed by atoms with van der Waals surface area (Å²) in [5.74, 6) is -1.40. The number of aromatic carboxylic acids is 1. The molecule has 22 heavy (non-hydrogen) atoms. The van der Waals surface area contributed by atoms with Crippen molar-refractivity contribution in [2.24, 2.45) is 0 Å². The lowest BCUT2D eigenvalue weighted by Gasteiger charge is -2.24. The number of rotatable bonds is 5. The second kappa shape index (κ2) is 6.47. The average Bonchev–Trinajstić information content (AvgIpc) is 2.98. The first-order chi connectivity index (χ1) is 10.4. The summed E-state index contributed by atoms with van der Waals surface area (Å²) in [5, 5.41) is 8.86. The molecule has 0 fully saturated rings. The highest BCUT2D eigenvalue weighted by atomic mass is 16.4. The van der Waals surface area contributed by atoms with Crippen LogP contribution in [0.25, 0.3) is 0 Å². The van der Waals surface area contributed by atoms with Crippen molar-refractivity contribution in [3.63, 3.8) is 0 Å².